The summed E-state index contributed by atoms with van der Waals surface area (Å²) in [5, 5.41) is 0. The summed E-state index contributed by atoms with van der Waals surface area (Å²) < 4.78 is 2.67. The van der Waals surface area contributed by atoms with Gasteiger partial charge in [-0.3, -0.25) is 9.36 Å². The van der Waals surface area contributed by atoms with Gasteiger partial charge in [0.15, 0.2) is 0 Å². The highest BCUT2D eigenvalue weighted by Crippen LogP contribution is 2.11. The Morgan fingerprint density at radius 3 is 2.00 bits per heavy atom. The second kappa shape index (κ2) is 3.44. The van der Waals surface area contributed by atoms with Gasteiger partial charge in [-0.05, 0) is 12.8 Å². The van der Waals surface area contributed by atoms with Crippen LogP contribution in [0.5, 0.6) is 0 Å². The van der Waals surface area contributed by atoms with E-state index in [0.29, 0.717) is 0 Å². The van der Waals surface area contributed by atoms with Crippen LogP contribution in [0.25, 0.3) is 0 Å². The quantitative estimate of drug-likeness (QED) is 0.657. The van der Waals surface area contributed by atoms with Gasteiger partial charge in [0.1, 0.15) is 0 Å². The molecule has 0 aliphatic rings. The molecule has 1 rings (SSSR count). The molecule has 0 amide bonds. The van der Waals surface area contributed by atoms with E-state index in [9.17, 15) is 9.59 Å². The fourth-order valence-electron chi connectivity index (χ4n) is 1.64. The molecule has 4 heteroatoms. The number of hydrogen-bond acceptors (Lipinski definition) is 2. The molecular formula is C10H16N2O2. The Bertz CT molecular complexity index is 466. The average Bonchev–Trinajstić information content (AvgIpc) is 2.11. The maximum absolute atomic E-state index is 11.8. The van der Waals surface area contributed by atoms with Crippen LogP contribution in [0.1, 0.15) is 31.0 Å². The predicted octanol–water partition coefficient (Wildman–Crippen LogP) is 0.516. The molecule has 1 heterocycles. The largest absolute Gasteiger partial charge is 0.330 e. The van der Waals surface area contributed by atoms with Gasteiger partial charge in [-0.15, -0.1) is 0 Å². The maximum Gasteiger partial charge on any atom is 0.330 e. The molecule has 0 saturated carbocycles. The number of hydrogen-bond donors (Lipinski definition) is 0. The smallest absolute Gasteiger partial charge is 0.301 e. The minimum absolute atomic E-state index is 0.139. The fourth-order valence-corrected chi connectivity index (χ4v) is 1.64. The third-order valence-electron chi connectivity index (χ3n) is 2.58. The summed E-state index contributed by atoms with van der Waals surface area (Å²) in [6, 6.07) is 0. The van der Waals surface area contributed by atoms with Crippen molar-refractivity contribution in [2.45, 2.75) is 26.7 Å². The molecule has 0 atom stereocenters. The molecular weight excluding hydrogens is 180 g/mol. The van der Waals surface area contributed by atoms with Crippen molar-refractivity contribution in [1.82, 2.24) is 9.13 Å². The minimum Gasteiger partial charge on any atom is -0.301 e. The van der Waals surface area contributed by atoms with Crippen molar-refractivity contribution in [3.8, 4) is 0 Å². The molecule has 0 N–H and O–H groups in total. The van der Waals surface area contributed by atoms with Crippen LogP contribution in [0.15, 0.2) is 9.59 Å². The van der Waals surface area contributed by atoms with Crippen molar-refractivity contribution in [1.29, 1.82) is 0 Å². The van der Waals surface area contributed by atoms with Gasteiger partial charge in [-0.25, -0.2) is 4.79 Å². The van der Waals surface area contributed by atoms with Gasteiger partial charge in [0, 0.05) is 25.4 Å². The maximum atomic E-state index is 11.8. The van der Waals surface area contributed by atoms with Crippen molar-refractivity contribution in [2.24, 2.45) is 14.1 Å². The lowest BCUT2D eigenvalue weighted by Crippen LogP contribution is -2.40. The fraction of sp³-hybridized carbons (Fsp3) is 0.600. The lowest BCUT2D eigenvalue weighted by atomic mass is 10.0. The summed E-state index contributed by atoms with van der Waals surface area (Å²) in [6.07, 6.45) is 0. The van der Waals surface area contributed by atoms with Gasteiger partial charge in [0.05, 0.1) is 0 Å². The van der Waals surface area contributed by atoms with Gasteiger partial charge < -0.3 is 4.57 Å². The normalized spacial score (nSPS) is 11.0. The van der Waals surface area contributed by atoms with E-state index in [1.54, 1.807) is 14.0 Å². The number of rotatable bonds is 1. The zero-order valence-corrected chi connectivity index (χ0v) is 9.29. The van der Waals surface area contributed by atoms with E-state index in [1.807, 2.05) is 13.8 Å². The molecule has 0 fully saturated rings. The summed E-state index contributed by atoms with van der Waals surface area (Å²) in [6.45, 7) is 5.71. The standard InChI is InChI=1S/C10H16N2O2/c1-6(2)8-7(3)11(4)10(14)12(5)9(8)13/h6H,1-5H3. The van der Waals surface area contributed by atoms with Crippen LogP contribution in [0.2, 0.25) is 0 Å². The van der Waals surface area contributed by atoms with E-state index in [1.165, 1.54) is 11.6 Å². The molecule has 0 aromatic carbocycles. The van der Waals surface area contributed by atoms with Crippen LogP contribution < -0.4 is 11.2 Å². The van der Waals surface area contributed by atoms with Crippen LogP contribution in [0.3, 0.4) is 0 Å². The van der Waals surface area contributed by atoms with Crippen molar-refractivity contribution < 1.29 is 0 Å². The molecule has 78 valence electrons. The summed E-state index contributed by atoms with van der Waals surface area (Å²) >= 11 is 0. The van der Waals surface area contributed by atoms with E-state index >= 15 is 0 Å². The first kappa shape index (κ1) is 10.8. The molecule has 0 radical (unpaired) electrons. The van der Waals surface area contributed by atoms with E-state index < -0.39 is 0 Å². The van der Waals surface area contributed by atoms with Crippen LogP contribution in [0.4, 0.5) is 0 Å². The minimum atomic E-state index is -0.267. The molecule has 14 heavy (non-hydrogen) atoms. The lowest BCUT2D eigenvalue weighted by Gasteiger charge is -2.13. The Labute approximate surface area is 82.8 Å². The molecule has 0 aliphatic carbocycles. The summed E-state index contributed by atoms with van der Waals surface area (Å²) in [5.41, 5.74) is 1.03. The number of nitrogens with zero attached hydrogens (tertiary/aromatic N) is 2. The highest BCUT2D eigenvalue weighted by molar-refractivity contribution is 5.20. The molecule has 1 aromatic heterocycles. The highest BCUT2D eigenvalue weighted by Gasteiger charge is 2.14. The van der Waals surface area contributed by atoms with Crippen molar-refractivity contribution in [3.63, 3.8) is 0 Å². The molecule has 0 aliphatic heterocycles. The summed E-state index contributed by atoms with van der Waals surface area (Å²) in [4.78, 5) is 23.3. The highest BCUT2D eigenvalue weighted by atomic mass is 16.2. The third kappa shape index (κ3) is 1.41. The second-order valence-electron chi connectivity index (χ2n) is 3.86. The van der Waals surface area contributed by atoms with E-state index in [4.69, 9.17) is 0 Å². The van der Waals surface area contributed by atoms with Crippen molar-refractivity contribution >= 4 is 0 Å². The Hall–Kier alpha value is -1.32. The first-order valence-electron chi connectivity index (χ1n) is 4.64. The molecule has 1 aromatic rings. The third-order valence-corrected chi connectivity index (χ3v) is 2.58. The molecule has 0 saturated heterocycles. The Morgan fingerprint density at radius 1 is 1.07 bits per heavy atom. The van der Waals surface area contributed by atoms with Gasteiger partial charge in [0.2, 0.25) is 0 Å². The second-order valence-corrected chi connectivity index (χ2v) is 3.86. The van der Waals surface area contributed by atoms with Crippen LogP contribution in [-0.2, 0) is 14.1 Å². The SMILES string of the molecule is Cc1c(C(C)C)c(=O)n(C)c(=O)n1C. The molecule has 0 unspecified atom stereocenters. The van der Waals surface area contributed by atoms with Crippen molar-refractivity contribution in [3.05, 3.63) is 32.1 Å². The van der Waals surface area contributed by atoms with Crippen molar-refractivity contribution in [2.75, 3.05) is 0 Å². The summed E-state index contributed by atoms with van der Waals surface area (Å²) in [7, 11) is 3.19. The predicted molar refractivity (Wildman–Crippen MR) is 55.8 cm³/mol. The Morgan fingerprint density at radius 2 is 1.57 bits per heavy atom. The van der Waals surface area contributed by atoms with Gasteiger partial charge in [-0.2, -0.15) is 0 Å². The number of aromatic nitrogens is 2. The van der Waals surface area contributed by atoms with Gasteiger partial charge in [-0.1, -0.05) is 13.8 Å². The molecule has 4 nitrogen and oxygen atoms in total. The first-order chi connectivity index (χ1) is 6.37. The molecule has 0 spiro atoms. The Kier molecular flexibility index (Phi) is 2.64. The topological polar surface area (TPSA) is 44.0 Å². The summed E-state index contributed by atoms with van der Waals surface area (Å²) in [5.74, 6) is 0.139. The van der Waals surface area contributed by atoms with Gasteiger partial charge >= 0.3 is 5.69 Å². The van der Waals surface area contributed by atoms with Crippen LogP contribution in [0, 0.1) is 6.92 Å². The van der Waals surface area contributed by atoms with Crippen LogP contribution >= 0.6 is 0 Å². The van der Waals surface area contributed by atoms with E-state index in [-0.39, 0.29) is 17.2 Å². The van der Waals surface area contributed by atoms with E-state index in [2.05, 4.69) is 0 Å². The van der Waals surface area contributed by atoms with Crippen LogP contribution in [-0.4, -0.2) is 9.13 Å². The van der Waals surface area contributed by atoms with E-state index in [0.717, 1.165) is 15.8 Å². The average molecular weight is 196 g/mol. The Balaban J connectivity index is 3.79. The van der Waals surface area contributed by atoms with Gasteiger partial charge in [0.25, 0.3) is 5.56 Å². The lowest BCUT2D eigenvalue weighted by molar-refractivity contribution is 0.633. The monoisotopic (exact) mass is 196 g/mol. The molecule has 0 bridgehead atoms. The first-order valence-corrected chi connectivity index (χ1v) is 4.64. The zero-order valence-electron chi connectivity index (χ0n) is 9.29. The zero-order chi connectivity index (χ0) is 11.0.